The summed E-state index contributed by atoms with van der Waals surface area (Å²) in [6, 6.07) is 0. The van der Waals surface area contributed by atoms with Crippen LogP contribution in [0.4, 0.5) is 0 Å². The summed E-state index contributed by atoms with van der Waals surface area (Å²) in [4.78, 5) is 0. The molecule has 0 aliphatic rings. The minimum absolute atomic E-state index is 0. The molecule has 0 fully saturated rings. The SMILES string of the molecule is CCCCCCCC[N+](C)(C)COCCCCCC.[Cl-]. The van der Waals surface area contributed by atoms with Crippen LogP contribution in [0.2, 0.25) is 0 Å². The van der Waals surface area contributed by atoms with Gasteiger partial charge in [0.15, 0.2) is 6.73 Å². The van der Waals surface area contributed by atoms with Gasteiger partial charge >= 0.3 is 0 Å². The number of quaternary nitrogens is 1. The molecule has 0 amide bonds. The van der Waals surface area contributed by atoms with Crippen molar-refractivity contribution in [1.82, 2.24) is 0 Å². The molecule has 0 aromatic carbocycles. The largest absolute Gasteiger partial charge is 1.00 e. The third kappa shape index (κ3) is 16.3. The van der Waals surface area contributed by atoms with E-state index in [1.165, 1.54) is 70.8 Å². The van der Waals surface area contributed by atoms with Crippen molar-refractivity contribution in [2.45, 2.75) is 78.1 Å². The van der Waals surface area contributed by atoms with Gasteiger partial charge in [-0.25, -0.2) is 0 Å². The maximum absolute atomic E-state index is 5.81. The molecule has 0 aliphatic carbocycles. The van der Waals surface area contributed by atoms with E-state index in [0.717, 1.165) is 17.8 Å². The maximum atomic E-state index is 5.81. The second kappa shape index (κ2) is 15.6. The molecule has 124 valence electrons. The van der Waals surface area contributed by atoms with Gasteiger partial charge in [0.05, 0.1) is 27.2 Å². The number of hydrogen-bond donors (Lipinski definition) is 0. The lowest BCUT2D eigenvalue weighted by atomic mass is 10.1. The van der Waals surface area contributed by atoms with Gasteiger partial charge in [-0.05, 0) is 19.3 Å². The van der Waals surface area contributed by atoms with Crippen molar-refractivity contribution < 1.29 is 21.6 Å². The molecular weight excluding hydrogens is 270 g/mol. The standard InChI is InChI=1S/C17H38NO.ClH/c1-5-7-9-11-12-13-15-18(3,4)17-19-16-14-10-8-6-2;/h5-17H2,1-4H3;1H/q+1;/p-1. The third-order valence-corrected chi connectivity index (χ3v) is 3.70. The summed E-state index contributed by atoms with van der Waals surface area (Å²) < 4.78 is 6.83. The Balaban J connectivity index is 0. The third-order valence-electron chi connectivity index (χ3n) is 3.70. The van der Waals surface area contributed by atoms with E-state index in [-0.39, 0.29) is 12.4 Å². The average Bonchev–Trinajstić information content (AvgIpc) is 2.38. The van der Waals surface area contributed by atoms with Crippen LogP contribution in [0.5, 0.6) is 0 Å². The van der Waals surface area contributed by atoms with Crippen LogP contribution in [-0.2, 0) is 4.74 Å². The van der Waals surface area contributed by atoms with E-state index in [1.54, 1.807) is 0 Å². The topological polar surface area (TPSA) is 9.23 Å². The fourth-order valence-corrected chi connectivity index (χ4v) is 2.33. The number of rotatable bonds is 14. The average molecular weight is 308 g/mol. The van der Waals surface area contributed by atoms with E-state index in [9.17, 15) is 0 Å². The molecule has 0 aromatic rings. The number of halogens is 1. The van der Waals surface area contributed by atoms with Crippen molar-refractivity contribution >= 4 is 0 Å². The maximum Gasteiger partial charge on any atom is 0.182 e. The van der Waals surface area contributed by atoms with E-state index in [0.29, 0.717) is 0 Å². The summed E-state index contributed by atoms with van der Waals surface area (Å²) in [6.07, 6.45) is 13.5. The summed E-state index contributed by atoms with van der Waals surface area (Å²) >= 11 is 0. The van der Waals surface area contributed by atoms with Crippen molar-refractivity contribution in [1.29, 1.82) is 0 Å². The molecule has 0 aromatic heterocycles. The highest BCUT2D eigenvalue weighted by molar-refractivity contribution is 4.43. The molecule has 0 bridgehead atoms. The lowest BCUT2D eigenvalue weighted by Gasteiger charge is -2.29. The zero-order chi connectivity index (χ0) is 14.4. The summed E-state index contributed by atoms with van der Waals surface area (Å²) in [5, 5.41) is 0. The van der Waals surface area contributed by atoms with Crippen LogP contribution >= 0.6 is 0 Å². The van der Waals surface area contributed by atoms with Gasteiger partial charge in [-0.15, -0.1) is 0 Å². The fraction of sp³-hybridized carbons (Fsp3) is 1.00. The van der Waals surface area contributed by atoms with Crippen molar-refractivity contribution in [3.63, 3.8) is 0 Å². The Morgan fingerprint density at radius 3 is 1.80 bits per heavy atom. The molecule has 2 nitrogen and oxygen atoms in total. The zero-order valence-electron chi connectivity index (χ0n) is 14.4. The number of ether oxygens (including phenoxy) is 1. The minimum Gasteiger partial charge on any atom is -1.00 e. The van der Waals surface area contributed by atoms with Crippen molar-refractivity contribution in [3.8, 4) is 0 Å². The second-order valence-electron chi connectivity index (χ2n) is 6.53. The van der Waals surface area contributed by atoms with Gasteiger partial charge < -0.3 is 21.6 Å². The first-order valence-corrected chi connectivity index (χ1v) is 8.52. The van der Waals surface area contributed by atoms with Crippen molar-refractivity contribution in [2.24, 2.45) is 0 Å². The van der Waals surface area contributed by atoms with Gasteiger partial charge in [0.25, 0.3) is 0 Å². The smallest absolute Gasteiger partial charge is 0.182 e. The monoisotopic (exact) mass is 307 g/mol. The highest BCUT2D eigenvalue weighted by Gasteiger charge is 2.13. The fourth-order valence-electron chi connectivity index (χ4n) is 2.33. The predicted octanol–water partition coefficient (Wildman–Crippen LogP) is 1.98. The molecule has 0 N–H and O–H groups in total. The molecule has 20 heavy (non-hydrogen) atoms. The predicted molar refractivity (Wildman–Crippen MR) is 85.3 cm³/mol. The van der Waals surface area contributed by atoms with Crippen LogP contribution < -0.4 is 12.4 Å². The number of nitrogens with zero attached hydrogens (tertiary/aromatic N) is 1. The van der Waals surface area contributed by atoms with Crippen molar-refractivity contribution in [3.05, 3.63) is 0 Å². The highest BCUT2D eigenvalue weighted by atomic mass is 35.5. The first kappa shape index (κ1) is 22.5. The molecule has 0 atom stereocenters. The van der Waals surface area contributed by atoms with Gasteiger partial charge in [-0.2, -0.15) is 0 Å². The Hall–Kier alpha value is 0.210. The van der Waals surface area contributed by atoms with E-state index < -0.39 is 0 Å². The first-order chi connectivity index (χ1) is 9.12. The van der Waals surface area contributed by atoms with Gasteiger partial charge in [-0.1, -0.05) is 58.8 Å². The van der Waals surface area contributed by atoms with Gasteiger partial charge in [0.2, 0.25) is 0 Å². The Bertz CT molecular complexity index is 168. The Morgan fingerprint density at radius 2 is 1.20 bits per heavy atom. The van der Waals surface area contributed by atoms with Crippen LogP contribution in [-0.4, -0.2) is 38.5 Å². The number of hydrogen-bond acceptors (Lipinski definition) is 1. The van der Waals surface area contributed by atoms with E-state index in [4.69, 9.17) is 4.74 Å². The molecule has 3 heteroatoms. The van der Waals surface area contributed by atoms with E-state index in [2.05, 4.69) is 27.9 Å². The van der Waals surface area contributed by atoms with Crippen LogP contribution in [0, 0.1) is 0 Å². The molecule has 0 heterocycles. The Labute approximate surface area is 134 Å². The van der Waals surface area contributed by atoms with Crippen LogP contribution in [0.25, 0.3) is 0 Å². The molecule has 0 unspecified atom stereocenters. The first-order valence-electron chi connectivity index (χ1n) is 8.52. The molecule has 0 rings (SSSR count). The quantitative estimate of drug-likeness (QED) is 0.271. The number of unbranched alkanes of at least 4 members (excludes halogenated alkanes) is 8. The van der Waals surface area contributed by atoms with Gasteiger partial charge in [-0.3, -0.25) is 0 Å². The molecular formula is C17H38ClNO. The summed E-state index contributed by atoms with van der Waals surface area (Å²) in [7, 11) is 4.58. The van der Waals surface area contributed by atoms with Crippen LogP contribution in [0.1, 0.15) is 78.1 Å². The van der Waals surface area contributed by atoms with Crippen LogP contribution in [0.15, 0.2) is 0 Å². The second-order valence-corrected chi connectivity index (χ2v) is 6.53. The molecule has 0 saturated carbocycles. The minimum atomic E-state index is 0. The van der Waals surface area contributed by atoms with Gasteiger partial charge in [0, 0.05) is 0 Å². The highest BCUT2D eigenvalue weighted by Crippen LogP contribution is 2.08. The normalized spacial score (nSPS) is 11.4. The zero-order valence-corrected chi connectivity index (χ0v) is 15.2. The Morgan fingerprint density at radius 1 is 0.700 bits per heavy atom. The molecule has 0 saturated heterocycles. The lowest BCUT2D eigenvalue weighted by Crippen LogP contribution is -3.00. The van der Waals surface area contributed by atoms with Crippen LogP contribution in [0.3, 0.4) is 0 Å². The summed E-state index contributed by atoms with van der Waals surface area (Å²) in [6.45, 7) is 7.60. The van der Waals surface area contributed by atoms with E-state index >= 15 is 0 Å². The molecule has 0 aliphatic heterocycles. The molecule has 0 spiro atoms. The summed E-state index contributed by atoms with van der Waals surface area (Å²) in [5.41, 5.74) is 0. The summed E-state index contributed by atoms with van der Waals surface area (Å²) in [5.74, 6) is 0. The Kier molecular flexibility index (Phi) is 17.5. The lowest BCUT2D eigenvalue weighted by molar-refractivity contribution is -0.909. The molecule has 0 radical (unpaired) electrons. The van der Waals surface area contributed by atoms with Crippen molar-refractivity contribution in [2.75, 3.05) is 34.0 Å². The van der Waals surface area contributed by atoms with Gasteiger partial charge in [0.1, 0.15) is 0 Å². The van der Waals surface area contributed by atoms with E-state index in [1.807, 2.05) is 0 Å².